The van der Waals surface area contributed by atoms with Crippen molar-refractivity contribution in [3.63, 3.8) is 0 Å². The Morgan fingerprint density at radius 3 is 2.43 bits per heavy atom. The van der Waals surface area contributed by atoms with Gasteiger partial charge in [0.05, 0.1) is 11.4 Å². The topological polar surface area (TPSA) is 61.4 Å². The van der Waals surface area contributed by atoms with Crippen LogP contribution in [0.5, 0.6) is 0 Å². The first-order chi connectivity index (χ1) is 6.58. The van der Waals surface area contributed by atoms with Gasteiger partial charge in [0.25, 0.3) is 0 Å². The van der Waals surface area contributed by atoms with Crippen LogP contribution in [-0.2, 0) is 4.79 Å². The molecule has 0 saturated carbocycles. The van der Waals surface area contributed by atoms with Gasteiger partial charge in [0.1, 0.15) is 0 Å². The Kier molecular flexibility index (Phi) is 5.14. The molecule has 0 bridgehead atoms. The second kappa shape index (κ2) is 5.85. The summed E-state index contributed by atoms with van der Waals surface area (Å²) in [4.78, 5) is 10.1. The summed E-state index contributed by atoms with van der Waals surface area (Å²) >= 11 is 0. The van der Waals surface area contributed by atoms with E-state index in [1.54, 1.807) is 7.05 Å². The fraction of sp³-hybridized carbons (Fsp3) is 0.300. The smallest absolute Gasteiger partial charge is 0.211 e. The molecule has 14 heavy (non-hydrogen) atoms. The van der Waals surface area contributed by atoms with Gasteiger partial charge in [0, 0.05) is 7.05 Å². The van der Waals surface area contributed by atoms with Crippen LogP contribution in [-0.4, -0.2) is 18.6 Å². The molecule has 1 amide bonds. The van der Waals surface area contributed by atoms with Crippen molar-refractivity contribution in [3.05, 3.63) is 35.9 Å². The zero-order chi connectivity index (χ0) is 11.1. The molecule has 0 aromatic carbocycles. The molecule has 0 aliphatic heterocycles. The standard InChI is InChI=1S/C10H16N2O2/c1-5-7(2)9(11-4)10(14)8(3)12-6-13/h6,11,14H,2-3,5H2,1,4H3,(H,12,13)/b10-9+. The molecule has 4 heteroatoms. The summed E-state index contributed by atoms with van der Waals surface area (Å²) in [6.45, 7) is 9.19. The van der Waals surface area contributed by atoms with Crippen molar-refractivity contribution >= 4 is 6.41 Å². The first-order valence-electron chi connectivity index (χ1n) is 4.27. The molecule has 0 radical (unpaired) electrons. The van der Waals surface area contributed by atoms with E-state index in [2.05, 4.69) is 23.8 Å². The Balaban J connectivity index is 4.91. The summed E-state index contributed by atoms with van der Waals surface area (Å²) in [6, 6.07) is 0. The molecule has 0 spiro atoms. The van der Waals surface area contributed by atoms with Crippen molar-refractivity contribution in [2.45, 2.75) is 13.3 Å². The summed E-state index contributed by atoms with van der Waals surface area (Å²) in [5.41, 5.74) is 1.39. The molecule has 0 aromatic rings. The fourth-order valence-corrected chi connectivity index (χ4v) is 0.930. The molecule has 0 aliphatic rings. The van der Waals surface area contributed by atoms with E-state index >= 15 is 0 Å². The van der Waals surface area contributed by atoms with E-state index in [0.717, 1.165) is 5.57 Å². The highest BCUT2D eigenvalue weighted by Crippen LogP contribution is 2.14. The van der Waals surface area contributed by atoms with Crippen LogP contribution in [0.2, 0.25) is 0 Å². The number of aliphatic hydroxyl groups excluding tert-OH is 1. The van der Waals surface area contributed by atoms with E-state index < -0.39 is 0 Å². The van der Waals surface area contributed by atoms with E-state index in [-0.39, 0.29) is 11.5 Å². The number of allylic oxidation sites excluding steroid dienone is 1. The normalized spacial score (nSPS) is 11.3. The molecule has 0 rings (SSSR count). The number of amides is 1. The van der Waals surface area contributed by atoms with Crippen LogP contribution in [0.1, 0.15) is 13.3 Å². The fourth-order valence-electron chi connectivity index (χ4n) is 0.930. The van der Waals surface area contributed by atoms with Crippen molar-refractivity contribution in [1.29, 1.82) is 0 Å². The molecule has 4 nitrogen and oxygen atoms in total. The average Bonchev–Trinajstić information content (AvgIpc) is 2.18. The molecule has 0 saturated heterocycles. The van der Waals surface area contributed by atoms with Gasteiger partial charge < -0.3 is 15.7 Å². The molecule has 0 aliphatic carbocycles. The van der Waals surface area contributed by atoms with Crippen LogP contribution in [0.25, 0.3) is 0 Å². The SMILES string of the molecule is C=C(NC=O)/C(O)=C(\NC)C(=C)CC. The summed E-state index contributed by atoms with van der Waals surface area (Å²) in [5.74, 6) is -0.0912. The van der Waals surface area contributed by atoms with Gasteiger partial charge in [-0.1, -0.05) is 20.1 Å². The molecule has 0 fully saturated rings. The Bertz CT molecular complexity index is 280. The maximum Gasteiger partial charge on any atom is 0.211 e. The quantitative estimate of drug-likeness (QED) is 0.340. The Hall–Kier alpha value is -1.71. The number of hydrogen-bond acceptors (Lipinski definition) is 3. The lowest BCUT2D eigenvalue weighted by molar-refractivity contribution is -0.108. The number of likely N-dealkylation sites (N-methyl/N-ethyl adjacent to an activating group) is 1. The predicted molar refractivity (Wildman–Crippen MR) is 56.5 cm³/mol. The third-order valence-corrected chi connectivity index (χ3v) is 1.79. The lowest BCUT2D eigenvalue weighted by Crippen LogP contribution is -2.18. The lowest BCUT2D eigenvalue weighted by Gasteiger charge is -2.12. The minimum Gasteiger partial charge on any atom is -0.504 e. The molecule has 78 valence electrons. The van der Waals surface area contributed by atoms with E-state index in [1.165, 1.54) is 0 Å². The largest absolute Gasteiger partial charge is 0.504 e. The second-order valence-electron chi connectivity index (χ2n) is 2.67. The zero-order valence-corrected chi connectivity index (χ0v) is 8.55. The van der Waals surface area contributed by atoms with Crippen LogP contribution in [0, 0.1) is 0 Å². The molecule has 0 heterocycles. The third kappa shape index (κ3) is 2.97. The van der Waals surface area contributed by atoms with Crippen molar-refractivity contribution in [2.24, 2.45) is 0 Å². The van der Waals surface area contributed by atoms with Gasteiger partial charge in [-0.15, -0.1) is 0 Å². The summed E-state index contributed by atoms with van der Waals surface area (Å²) < 4.78 is 0. The number of aliphatic hydroxyl groups is 1. The summed E-state index contributed by atoms with van der Waals surface area (Å²) in [7, 11) is 1.67. The van der Waals surface area contributed by atoms with Gasteiger partial charge in [0.2, 0.25) is 6.41 Å². The number of carbonyl (C=O) groups excluding carboxylic acids is 1. The van der Waals surface area contributed by atoms with Crippen LogP contribution in [0.15, 0.2) is 35.9 Å². The molecule has 0 aromatic heterocycles. The van der Waals surface area contributed by atoms with E-state index in [4.69, 9.17) is 0 Å². The first kappa shape index (κ1) is 12.3. The van der Waals surface area contributed by atoms with E-state index in [0.29, 0.717) is 18.5 Å². The van der Waals surface area contributed by atoms with E-state index in [1.807, 2.05) is 6.92 Å². The maximum absolute atomic E-state index is 10.1. The highest BCUT2D eigenvalue weighted by atomic mass is 16.3. The minimum absolute atomic E-state index is 0.0912. The first-order valence-corrected chi connectivity index (χ1v) is 4.27. The van der Waals surface area contributed by atoms with Crippen molar-refractivity contribution < 1.29 is 9.90 Å². The number of hydrogen-bond donors (Lipinski definition) is 3. The molecule has 3 N–H and O–H groups in total. The van der Waals surface area contributed by atoms with Crippen LogP contribution >= 0.6 is 0 Å². The van der Waals surface area contributed by atoms with Crippen LogP contribution < -0.4 is 10.6 Å². The summed E-state index contributed by atoms with van der Waals surface area (Å²) in [6.07, 6.45) is 1.16. The lowest BCUT2D eigenvalue weighted by atomic mass is 10.1. The van der Waals surface area contributed by atoms with E-state index in [9.17, 15) is 9.90 Å². The van der Waals surface area contributed by atoms with Crippen LogP contribution in [0.3, 0.4) is 0 Å². The molecular formula is C10H16N2O2. The van der Waals surface area contributed by atoms with Gasteiger partial charge in [0.15, 0.2) is 5.76 Å². The van der Waals surface area contributed by atoms with Gasteiger partial charge in [-0.2, -0.15) is 0 Å². The van der Waals surface area contributed by atoms with Crippen molar-refractivity contribution in [2.75, 3.05) is 7.05 Å². The Labute approximate surface area is 84.0 Å². The van der Waals surface area contributed by atoms with Crippen LogP contribution in [0.4, 0.5) is 0 Å². The summed E-state index contributed by atoms with van der Waals surface area (Å²) in [5, 5.41) is 14.7. The number of carbonyl (C=O) groups is 1. The minimum atomic E-state index is -0.0912. The van der Waals surface area contributed by atoms with Gasteiger partial charge in [-0.3, -0.25) is 4.79 Å². The molecule has 0 atom stereocenters. The van der Waals surface area contributed by atoms with Gasteiger partial charge in [-0.05, 0) is 12.0 Å². The number of rotatable bonds is 6. The van der Waals surface area contributed by atoms with Gasteiger partial charge in [-0.25, -0.2) is 0 Å². The van der Waals surface area contributed by atoms with Gasteiger partial charge >= 0.3 is 0 Å². The molecular weight excluding hydrogens is 180 g/mol. The zero-order valence-electron chi connectivity index (χ0n) is 8.55. The second-order valence-corrected chi connectivity index (χ2v) is 2.67. The highest BCUT2D eigenvalue weighted by molar-refractivity contribution is 5.53. The predicted octanol–water partition coefficient (Wildman–Crippen LogP) is 1.20. The maximum atomic E-state index is 10.1. The third-order valence-electron chi connectivity index (χ3n) is 1.79. The monoisotopic (exact) mass is 196 g/mol. The number of nitrogens with one attached hydrogen (secondary N) is 2. The van der Waals surface area contributed by atoms with Crippen molar-refractivity contribution in [3.8, 4) is 0 Å². The Morgan fingerprint density at radius 2 is 2.07 bits per heavy atom. The van der Waals surface area contributed by atoms with Crippen molar-refractivity contribution in [1.82, 2.24) is 10.6 Å². The highest BCUT2D eigenvalue weighted by Gasteiger charge is 2.09. The molecule has 0 unspecified atom stereocenters. The Morgan fingerprint density at radius 1 is 1.50 bits per heavy atom. The average molecular weight is 196 g/mol.